The number of aromatic nitrogens is 3. The number of benzene rings is 1. The van der Waals surface area contributed by atoms with Crippen molar-refractivity contribution in [3.8, 4) is 0 Å². The quantitative estimate of drug-likeness (QED) is 0.655. The molecule has 0 spiro atoms. The molecular formula is C13H12N4O. The van der Waals surface area contributed by atoms with Crippen LogP contribution in [0.3, 0.4) is 0 Å². The molecule has 5 nitrogen and oxygen atoms in total. The van der Waals surface area contributed by atoms with Crippen LogP contribution in [-0.4, -0.2) is 21.1 Å². The first-order chi connectivity index (χ1) is 8.81. The Labute approximate surface area is 103 Å². The molecule has 5 heteroatoms. The number of carbonyl (C=O) groups is 1. The van der Waals surface area contributed by atoms with Crippen molar-refractivity contribution in [1.29, 1.82) is 0 Å². The van der Waals surface area contributed by atoms with E-state index in [0.29, 0.717) is 6.42 Å². The van der Waals surface area contributed by atoms with E-state index >= 15 is 0 Å². The van der Waals surface area contributed by atoms with Gasteiger partial charge in [0.2, 0.25) is 5.91 Å². The molecule has 1 amide bonds. The summed E-state index contributed by atoms with van der Waals surface area (Å²) >= 11 is 0. The summed E-state index contributed by atoms with van der Waals surface area (Å²) in [5.74, 6) is -0.0610. The summed E-state index contributed by atoms with van der Waals surface area (Å²) < 4.78 is 0. The smallest absolute Gasteiger partial charge is 0.230 e. The molecule has 0 aliphatic carbocycles. The number of aromatic amines is 2. The molecule has 0 atom stereocenters. The molecule has 1 aromatic carbocycles. The van der Waals surface area contributed by atoms with Gasteiger partial charge in [-0.15, -0.1) is 0 Å². The van der Waals surface area contributed by atoms with Gasteiger partial charge < -0.3 is 10.3 Å². The number of anilines is 1. The van der Waals surface area contributed by atoms with Crippen molar-refractivity contribution in [3.05, 3.63) is 48.4 Å². The van der Waals surface area contributed by atoms with Crippen LogP contribution >= 0.6 is 0 Å². The average molecular weight is 240 g/mol. The molecule has 3 N–H and O–H groups in total. The molecule has 0 aliphatic rings. The van der Waals surface area contributed by atoms with Crippen LogP contribution in [0.4, 0.5) is 5.69 Å². The second-order valence-corrected chi connectivity index (χ2v) is 4.09. The van der Waals surface area contributed by atoms with Crippen molar-refractivity contribution in [3.63, 3.8) is 0 Å². The number of H-pyrrole nitrogens is 2. The summed E-state index contributed by atoms with van der Waals surface area (Å²) in [7, 11) is 0. The Balaban J connectivity index is 1.73. The number of nitrogens with zero attached hydrogens (tertiary/aromatic N) is 1. The van der Waals surface area contributed by atoms with Crippen molar-refractivity contribution >= 4 is 22.5 Å². The highest BCUT2D eigenvalue weighted by molar-refractivity contribution is 5.94. The van der Waals surface area contributed by atoms with E-state index in [0.717, 1.165) is 22.3 Å². The van der Waals surface area contributed by atoms with Gasteiger partial charge in [-0.2, -0.15) is 5.10 Å². The lowest BCUT2D eigenvalue weighted by Crippen LogP contribution is -2.14. The van der Waals surface area contributed by atoms with Crippen LogP contribution in [0, 0.1) is 0 Å². The highest BCUT2D eigenvalue weighted by Crippen LogP contribution is 2.17. The zero-order valence-electron chi connectivity index (χ0n) is 9.60. The fraction of sp³-hybridized carbons (Fsp3) is 0.0769. The highest BCUT2D eigenvalue weighted by Gasteiger charge is 2.05. The summed E-state index contributed by atoms with van der Waals surface area (Å²) in [6, 6.07) is 9.52. The zero-order valence-corrected chi connectivity index (χ0v) is 9.60. The SMILES string of the molecule is O=C(Cc1ccn[nH]1)Nc1ccc2[nH]ccc2c1. The van der Waals surface area contributed by atoms with Gasteiger partial charge in [-0.3, -0.25) is 9.89 Å². The summed E-state index contributed by atoms with van der Waals surface area (Å²) in [6.07, 6.45) is 3.81. The van der Waals surface area contributed by atoms with Gasteiger partial charge in [0, 0.05) is 34.7 Å². The molecule has 0 unspecified atom stereocenters. The average Bonchev–Trinajstić information content (AvgIpc) is 2.98. The second-order valence-electron chi connectivity index (χ2n) is 4.09. The van der Waals surface area contributed by atoms with E-state index in [-0.39, 0.29) is 5.91 Å². The Kier molecular flexibility index (Phi) is 2.57. The van der Waals surface area contributed by atoms with Crippen LogP contribution in [-0.2, 0) is 11.2 Å². The Morgan fingerprint density at radius 1 is 1.28 bits per heavy atom. The topological polar surface area (TPSA) is 73.6 Å². The Morgan fingerprint density at radius 2 is 2.22 bits per heavy atom. The van der Waals surface area contributed by atoms with E-state index in [1.165, 1.54) is 0 Å². The van der Waals surface area contributed by atoms with Crippen LogP contribution in [0.15, 0.2) is 42.7 Å². The molecule has 2 heterocycles. The molecule has 3 aromatic rings. The minimum atomic E-state index is -0.0610. The third-order valence-electron chi connectivity index (χ3n) is 2.75. The van der Waals surface area contributed by atoms with Gasteiger partial charge in [-0.05, 0) is 30.3 Å². The van der Waals surface area contributed by atoms with Gasteiger partial charge in [-0.1, -0.05) is 0 Å². The van der Waals surface area contributed by atoms with Gasteiger partial charge in [0.15, 0.2) is 0 Å². The lowest BCUT2D eigenvalue weighted by atomic mass is 10.2. The first-order valence-electron chi connectivity index (χ1n) is 5.66. The molecule has 0 fully saturated rings. The van der Waals surface area contributed by atoms with Crippen LogP contribution in [0.5, 0.6) is 0 Å². The third kappa shape index (κ3) is 2.10. The van der Waals surface area contributed by atoms with Crippen molar-refractivity contribution < 1.29 is 4.79 Å². The van der Waals surface area contributed by atoms with Crippen LogP contribution in [0.1, 0.15) is 5.69 Å². The maximum atomic E-state index is 11.8. The fourth-order valence-corrected chi connectivity index (χ4v) is 1.89. The van der Waals surface area contributed by atoms with E-state index in [2.05, 4.69) is 20.5 Å². The van der Waals surface area contributed by atoms with Gasteiger partial charge in [0.1, 0.15) is 0 Å². The number of fused-ring (bicyclic) bond motifs is 1. The van der Waals surface area contributed by atoms with Crippen molar-refractivity contribution in [2.75, 3.05) is 5.32 Å². The number of rotatable bonds is 3. The summed E-state index contributed by atoms with van der Waals surface area (Å²) in [6.45, 7) is 0. The maximum Gasteiger partial charge on any atom is 0.230 e. The number of amides is 1. The monoisotopic (exact) mass is 240 g/mol. The van der Waals surface area contributed by atoms with Crippen molar-refractivity contribution in [2.24, 2.45) is 0 Å². The minimum Gasteiger partial charge on any atom is -0.361 e. The molecular weight excluding hydrogens is 228 g/mol. The molecule has 0 saturated heterocycles. The van der Waals surface area contributed by atoms with Gasteiger partial charge in [0.05, 0.1) is 6.42 Å². The van der Waals surface area contributed by atoms with E-state index in [4.69, 9.17) is 0 Å². The van der Waals surface area contributed by atoms with E-state index in [1.807, 2.05) is 30.5 Å². The lowest BCUT2D eigenvalue weighted by Gasteiger charge is -2.04. The minimum absolute atomic E-state index is 0.0610. The lowest BCUT2D eigenvalue weighted by molar-refractivity contribution is -0.115. The number of carbonyl (C=O) groups excluding carboxylic acids is 1. The molecule has 0 aliphatic heterocycles. The first kappa shape index (κ1) is 10.6. The predicted molar refractivity (Wildman–Crippen MR) is 69.2 cm³/mol. The molecule has 18 heavy (non-hydrogen) atoms. The number of hydrogen-bond acceptors (Lipinski definition) is 2. The van der Waals surface area contributed by atoms with Gasteiger partial charge in [-0.25, -0.2) is 0 Å². The molecule has 0 radical (unpaired) electrons. The van der Waals surface area contributed by atoms with E-state index < -0.39 is 0 Å². The summed E-state index contributed by atoms with van der Waals surface area (Å²) in [5, 5.41) is 10.5. The largest absolute Gasteiger partial charge is 0.361 e. The highest BCUT2D eigenvalue weighted by atomic mass is 16.1. The molecule has 3 rings (SSSR count). The standard InChI is InChI=1S/C13H12N4O/c18-13(8-11-4-6-15-17-11)16-10-1-2-12-9(7-10)3-5-14-12/h1-7,14H,8H2,(H,15,17)(H,16,18). The maximum absolute atomic E-state index is 11.8. The predicted octanol–water partition coefficient (Wildman–Crippen LogP) is 2.07. The number of nitrogens with one attached hydrogen (secondary N) is 3. The summed E-state index contributed by atoms with van der Waals surface area (Å²) in [5.41, 5.74) is 2.66. The molecule has 0 bridgehead atoms. The van der Waals surface area contributed by atoms with Crippen LogP contribution < -0.4 is 5.32 Å². The normalized spacial score (nSPS) is 10.7. The van der Waals surface area contributed by atoms with Crippen molar-refractivity contribution in [2.45, 2.75) is 6.42 Å². The van der Waals surface area contributed by atoms with Gasteiger partial charge >= 0.3 is 0 Å². The fourth-order valence-electron chi connectivity index (χ4n) is 1.89. The van der Waals surface area contributed by atoms with Crippen LogP contribution in [0.2, 0.25) is 0 Å². The van der Waals surface area contributed by atoms with Crippen molar-refractivity contribution in [1.82, 2.24) is 15.2 Å². The van der Waals surface area contributed by atoms with Gasteiger partial charge in [0.25, 0.3) is 0 Å². The molecule has 2 aromatic heterocycles. The number of hydrogen-bond donors (Lipinski definition) is 3. The zero-order chi connectivity index (χ0) is 12.4. The Hall–Kier alpha value is -2.56. The summed E-state index contributed by atoms with van der Waals surface area (Å²) in [4.78, 5) is 14.9. The molecule has 0 saturated carbocycles. The van der Waals surface area contributed by atoms with E-state index in [1.54, 1.807) is 12.3 Å². The van der Waals surface area contributed by atoms with Crippen LogP contribution in [0.25, 0.3) is 10.9 Å². The Bertz CT molecular complexity index is 669. The Morgan fingerprint density at radius 3 is 3.06 bits per heavy atom. The third-order valence-corrected chi connectivity index (χ3v) is 2.75. The second kappa shape index (κ2) is 4.37. The van der Waals surface area contributed by atoms with E-state index in [9.17, 15) is 4.79 Å². The first-order valence-corrected chi connectivity index (χ1v) is 5.66. The molecule has 90 valence electrons.